The minimum atomic E-state index is -0.511. The van der Waals surface area contributed by atoms with Crippen molar-refractivity contribution in [1.82, 2.24) is 25.8 Å². The fraction of sp³-hybridized carbons (Fsp3) is 0.667. The summed E-state index contributed by atoms with van der Waals surface area (Å²) in [6, 6.07) is 0. The predicted octanol–water partition coefficient (Wildman–Crippen LogP) is 0.344. The lowest BCUT2D eigenvalue weighted by molar-refractivity contribution is 0.0496. The van der Waals surface area contributed by atoms with Gasteiger partial charge in [0.2, 0.25) is 0 Å². The van der Waals surface area contributed by atoms with E-state index in [0.717, 1.165) is 5.69 Å². The van der Waals surface area contributed by atoms with E-state index in [9.17, 15) is 4.79 Å². The van der Waals surface area contributed by atoms with Crippen molar-refractivity contribution in [1.29, 1.82) is 0 Å². The van der Waals surface area contributed by atoms with E-state index in [1.165, 1.54) is 0 Å². The van der Waals surface area contributed by atoms with Gasteiger partial charge in [-0.05, 0) is 20.8 Å². The van der Waals surface area contributed by atoms with Crippen molar-refractivity contribution in [3.63, 3.8) is 0 Å². The van der Waals surface area contributed by atoms with Gasteiger partial charge in [0.05, 0.1) is 18.4 Å². The number of nitrogens with one attached hydrogen (secondary N) is 2. The monoisotopic (exact) mass is 227 g/mol. The van der Waals surface area contributed by atoms with Gasteiger partial charge in [-0.25, -0.2) is 10.2 Å². The highest BCUT2D eigenvalue weighted by Crippen LogP contribution is 2.05. The molecule has 16 heavy (non-hydrogen) atoms. The molecule has 90 valence electrons. The molecule has 0 bridgehead atoms. The van der Waals surface area contributed by atoms with Crippen LogP contribution in [0.4, 0.5) is 4.79 Å². The molecule has 0 fully saturated rings. The molecule has 0 saturated carbocycles. The Hall–Kier alpha value is -1.63. The maximum Gasteiger partial charge on any atom is 0.422 e. The van der Waals surface area contributed by atoms with E-state index in [0.29, 0.717) is 6.54 Å². The molecule has 0 aliphatic carbocycles. The maximum atomic E-state index is 11.2. The lowest BCUT2D eigenvalue weighted by Gasteiger charge is -2.19. The number of carbonyl (C=O) groups excluding carboxylic acids is 1. The second-order valence-corrected chi connectivity index (χ2v) is 4.33. The van der Waals surface area contributed by atoms with Crippen LogP contribution in [-0.2, 0) is 18.3 Å². The predicted molar refractivity (Wildman–Crippen MR) is 57.2 cm³/mol. The Bertz CT molecular complexity index is 355. The van der Waals surface area contributed by atoms with Crippen molar-refractivity contribution >= 4 is 6.09 Å². The van der Waals surface area contributed by atoms with E-state index < -0.39 is 11.7 Å². The average molecular weight is 227 g/mol. The molecule has 1 amide bonds. The summed E-state index contributed by atoms with van der Waals surface area (Å²) in [7, 11) is 1.78. The quantitative estimate of drug-likeness (QED) is 0.728. The zero-order chi connectivity index (χ0) is 12.2. The number of nitrogens with zero attached hydrogens (tertiary/aromatic N) is 3. The standard InChI is InChI=1S/C9H17N5O2/c1-9(2,3)16-8(15)12-10-5-7-6-11-13-14(7)4/h6,10H,5H2,1-4H3,(H,12,15). The first kappa shape index (κ1) is 12.4. The van der Waals surface area contributed by atoms with Crippen LogP contribution in [-0.4, -0.2) is 26.7 Å². The number of hydrazine groups is 1. The van der Waals surface area contributed by atoms with Crippen molar-refractivity contribution < 1.29 is 9.53 Å². The highest BCUT2D eigenvalue weighted by molar-refractivity contribution is 5.66. The summed E-state index contributed by atoms with van der Waals surface area (Å²) >= 11 is 0. The van der Waals surface area contributed by atoms with Gasteiger partial charge in [0.15, 0.2) is 0 Å². The molecule has 0 aliphatic heterocycles. The number of amides is 1. The first-order valence-corrected chi connectivity index (χ1v) is 4.94. The second kappa shape index (κ2) is 4.93. The van der Waals surface area contributed by atoms with Crippen LogP contribution in [0.15, 0.2) is 6.20 Å². The molecule has 7 heteroatoms. The Morgan fingerprint density at radius 2 is 2.25 bits per heavy atom. The number of rotatable bonds is 3. The third-order valence-corrected chi connectivity index (χ3v) is 1.67. The molecular weight excluding hydrogens is 210 g/mol. The first-order chi connectivity index (χ1) is 7.38. The number of carbonyl (C=O) groups is 1. The molecule has 0 unspecified atom stereocenters. The van der Waals surface area contributed by atoms with Crippen molar-refractivity contribution in [3.8, 4) is 0 Å². The molecular formula is C9H17N5O2. The summed E-state index contributed by atoms with van der Waals surface area (Å²) in [5.41, 5.74) is 5.51. The van der Waals surface area contributed by atoms with Gasteiger partial charge in [-0.1, -0.05) is 5.21 Å². The lowest BCUT2D eigenvalue weighted by atomic mass is 10.2. The van der Waals surface area contributed by atoms with Crippen LogP contribution >= 0.6 is 0 Å². The van der Waals surface area contributed by atoms with Crippen molar-refractivity contribution in [2.75, 3.05) is 0 Å². The third-order valence-electron chi connectivity index (χ3n) is 1.67. The molecule has 0 atom stereocenters. The summed E-state index contributed by atoms with van der Waals surface area (Å²) in [5.74, 6) is 0. The lowest BCUT2D eigenvalue weighted by Crippen LogP contribution is -2.41. The highest BCUT2D eigenvalue weighted by Gasteiger charge is 2.15. The maximum absolute atomic E-state index is 11.2. The van der Waals surface area contributed by atoms with Crippen LogP contribution in [0.2, 0.25) is 0 Å². The van der Waals surface area contributed by atoms with Gasteiger partial charge in [-0.3, -0.25) is 10.1 Å². The largest absolute Gasteiger partial charge is 0.443 e. The van der Waals surface area contributed by atoms with E-state index >= 15 is 0 Å². The summed E-state index contributed by atoms with van der Waals surface area (Å²) in [6.07, 6.45) is 1.10. The molecule has 1 aromatic heterocycles. The molecule has 0 aromatic carbocycles. The molecule has 1 heterocycles. The molecule has 0 saturated heterocycles. The number of aromatic nitrogens is 3. The highest BCUT2D eigenvalue weighted by atomic mass is 16.6. The van der Waals surface area contributed by atoms with Gasteiger partial charge in [0.1, 0.15) is 5.60 Å². The summed E-state index contributed by atoms with van der Waals surface area (Å²) < 4.78 is 6.65. The Kier molecular flexibility index (Phi) is 3.83. The molecule has 1 aromatic rings. The SMILES string of the molecule is Cn1nncc1CNNC(=O)OC(C)(C)C. The van der Waals surface area contributed by atoms with Crippen LogP contribution in [0.1, 0.15) is 26.5 Å². The van der Waals surface area contributed by atoms with Crippen molar-refractivity contribution in [2.24, 2.45) is 7.05 Å². The van der Waals surface area contributed by atoms with Crippen LogP contribution in [0.25, 0.3) is 0 Å². The zero-order valence-electron chi connectivity index (χ0n) is 9.94. The topological polar surface area (TPSA) is 81.1 Å². The number of aryl methyl sites for hydroxylation is 1. The van der Waals surface area contributed by atoms with E-state index in [-0.39, 0.29) is 0 Å². The van der Waals surface area contributed by atoms with Gasteiger partial charge in [0, 0.05) is 7.05 Å². The fourth-order valence-corrected chi connectivity index (χ4v) is 0.982. The number of hydrogen-bond donors (Lipinski definition) is 2. The average Bonchev–Trinajstić information content (AvgIpc) is 2.48. The van der Waals surface area contributed by atoms with Gasteiger partial charge < -0.3 is 4.74 Å². The molecule has 2 N–H and O–H groups in total. The van der Waals surface area contributed by atoms with Gasteiger partial charge in [-0.2, -0.15) is 0 Å². The minimum absolute atomic E-state index is 0.433. The summed E-state index contributed by atoms with van der Waals surface area (Å²) in [4.78, 5) is 11.2. The molecule has 0 aliphatic rings. The first-order valence-electron chi connectivity index (χ1n) is 4.94. The van der Waals surface area contributed by atoms with E-state index in [1.54, 1.807) is 38.7 Å². The second-order valence-electron chi connectivity index (χ2n) is 4.33. The molecule has 1 rings (SSSR count). The summed E-state index contributed by atoms with van der Waals surface area (Å²) in [5, 5.41) is 7.46. The van der Waals surface area contributed by atoms with Crippen LogP contribution in [0, 0.1) is 0 Å². The fourth-order valence-electron chi connectivity index (χ4n) is 0.982. The minimum Gasteiger partial charge on any atom is -0.443 e. The summed E-state index contributed by atoms with van der Waals surface area (Å²) in [6.45, 7) is 5.84. The van der Waals surface area contributed by atoms with Gasteiger partial charge >= 0.3 is 6.09 Å². The Morgan fingerprint density at radius 3 is 2.75 bits per heavy atom. The van der Waals surface area contributed by atoms with E-state index in [4.69, 9.17) is 4.74 Å². The van der Waals surface area contributed by atoms with Crippen LogP contribution < -0.4 is 10.9 Å². The van der Waals surface area contributed by atoms with Gasteiger partial charge in [0.25, 0.3) is 0 Å². The van der Waals surface area contributed by atoms with Crippen molar-refractivity contribution in [3.05, 3.63) is 11.9 Å². The molecule has 0 spiro atoms. The van der Waals surface area contributed by atoms with Crippen LogP contribution in [0.5, 0.6) is 0 Å². The van der Waals surface area contributed by atoms with E-state index in [1.807, 2.05) is 0 Å². The van der Waals surface area contributed by atoms with Crippen LogP contribution in [0.3, 0.4) is 0 Å². The molecule has 0 radical (unpaired) electrons. The van der Waals surface area contributed by atoms with Crippen molar-refractivity contribution in [2.45, 2.75) is 32.9 Å². The number of hydrogen-bond acceptors (Lipinski definition) is 5. The smallest absolute Gasteiger partial charge is 0.422 e. The third kappa shape index (κ3) is 4.26. The zero-order valence-corrected chi connectivity index (χ0v) is 9.94. The van der Waals surface area contributed by atoms with E-state index in [2.05, 4.69) is 21.2 Å². The number of ether oxygens (including phenoxy) is 1. The normalized spacial score (nSPS) is 11.2. The van der Waals surface area contributed by atoms with Gasteiger partial charge in [-0.15, -0.1) is 5.10 Å². The Morgan fingerprint density at radius 1 is 1.56 bits per heavy atom. The Labute approximate surface area is 94.1 Å². The Balaban J connectivity index is 2.26. The molecule has 7 nitrogen and oxygen atoms in total.